The van der Waals surface area contributed by atoms with Gasteiger partial charge in [-0.25, -0.2) is 9.78 Å². The molecule has 0 bridgehead atoms. The predicted molar refractivity (Wildman–Crippen MR) is 134 cm³/mol. The molecule has 1 aliphatic heterocycles. The van der Waals surface area contributed by atoms with Gasteiger partial charge in [0.2, 0.25) is 5.91 Å². The molecule has 38 heavy (non-hydrogen) atoms. The number of hydrogen-bond acceptors (Lipinski definition) is 5. The van der Waals surface area contributed by atoms with Gasteiger partial charge in [0.05, 0.1) is 17.3 Å². The van der Waals surface area contributed by atoms with Gasteiger partial charge in [0.25, 0.3) is 5.56 Å². The lowest BCUT2D eigenvalue weighted by Crippen LogP contribution is -2.39. The number of nitrogens with one attached hydrogen (secondary N) is 1. The molecule has 1 atom stereocenters. The summed E-state index contributed by atoms with van der Waals surface area (Å²) in [6.45, 7) is 4.97. The normalized spacial score (nSPS) is 16.2. The number of anilines is 1. The van der Waals surface area contributed by atoms with Crippen LogP contribution in [0, 0.1) is 5.92 Å². The van der Waals surface area contributed by atoms with Gasteiger partial charge in [-0.1, -0.05) is 13.0 Å². The van der Waals surface area contributed by atoms with E-state index in [4.69, 9.17) is 0 Å². The first-order valence-electron chi connectivity index (χ1n) is 12.3. The summed E-state index contributed by atoms with van der Waals surface area (Å²) in [5, 5.41) is 4.35. The number of carbonyl (C=O) groups excluding carboxylic acids is 1. The summed E-state index contributed by atoms with van der Waals surface area (Å²) >= 11 is 0. The number of nitrogens with zero attached hydrogens (tertiary/aromatic N) is 6. The predicted octanol–water partition coefficient (Wildman–Crippen LogP) is 3.25. The largest absolute Gasteiger partial charge is 0.416 e. The first-order valence-corrected chi connectivity index (χ1v) is 12.3. The van der Waals surface area contributed by atoms with E-state index in [0.717, 1.165) is 12.1 Å². The summed E-state index contributed by atoms with van der Waals surface area (Å²) in [7, 11) is 0. The number of aryl methyl sites for hydroxylation is 1. The van der Waals surface area contributed by atoms with Gasteiger partial charge in [-0.15, -0.1) is 0 Å². The molecule has 200 valence electrons. The maximum absolute atomic E-state index is 13.1. The maximum atomic E-state index is 13.1. The van der Waals surface area contributed by atoms with E-state index >= 15 is 0 Å². The highest BCUT2D eigenvalue weighted by Gasteiger charge is 2.34. The average Bonchev–Trinajstić information content (AvgIpc) is 3.61. The summed E-state index contributed by atoms with van der Waals surface area (Å²) in [6, 6.07) is 4.75. The maximum Gasteiger partial charge on any atom is 0.416 e. The second kappa shape index (κ2) is 9.62. The van der Waals surface area contributed by atoms with Crippen molar-refractivity contribution in [2.45, 2.75) is 52.5 Å². The quantitative estimate of drug-likeness (QED) is 0.395. The summed E-state index contributed by atoms with van der Waals surface area (Å²) in [4.78, 5) is 47.2. The molecule has 0 spiro atoms. The van der Waals surface area contributed by atoms with Gasteiger partial charge in [-0.3, -0.25) is 23.4 Å². The number of benzene rings is 1. The van der Waals surface area contributed by atoms with Gasteiger partial charge in [-0.05, 0) is 31.5 Å². The molecule has 1 aromatic carbocycles. The van der Waals surface area contributed by atoms with Crippen LogP contribution in [0.1, 0.15) is 32.3 Å². The van der Waals surface area contributed by atoms with Crippen LogP contribution in [-0.4, -0.2) is 41.3 Å². The number of halogens is 3. The fraction of sp³-hybridized carbons (Fsp3) is 0.400. The highest BCUT2D eigenvalue weighted by molar-refractivity contribution is 5.95. The Hall–Kier alpha value is -4.16. The Kier molecular flexibility index (Phi) is 6.45. The van der Waals surface area contributed by atoms with Crippen molar-refractivity contribution in [1.29, 1.82) is 0 Å². The minimum atomic E-state index is -4.49. The van der Waals surface area contributed by atoms with Crippen LogP contribution in [0.4, 0.5) is 18.9 Å². The SMILES string of the molecule is CCCn1c(=O)c2[nH]c(-c3cnn(CC4CC(=O)N(c5cccc(C(F)(F)F)c5)C4)c3)nc2n(CC)c1=O. The minimum Gasteiger partial charge on any atom is -0.332 e. The van der Waals surface area contributed by atoms with Crippen LogP contribution in [0.25, 0.3) is 22.6 Å². The smallest absolute Gasteiger partial charge is 0.332 e. The van der Waals surface area contributed by atoms with E-state index in [9.17, 15) is 27.6 Å². The highest BCUT2D eigenvalue weighted by Crippen LogP contribution is 2.33. The second-order valence-electron chi connectivity index (χ2n) is 9.34. The van der Waals surface area contributed by atoms with Gasteiger partial charge in [-0.2, -0.15) is 18.3 Å². The van der Waals surface area contributed by atoms with E-state index < -0.39 is 23.0 Å². The third kappa shape index (κ3) is 4.52. The number of hydrogen-bond donors (Lipinski definition) is 1. The van der Waals surface area contributed by atoms with Gasteiger partial charge in [0.15, 0.2) is 5.65 Å². The molecule has 0 radical (unpaired) electrons. The monoisotopic (exact) mass is 529 g/mol. The van der Waals surface area contributed by atoms with Crippen molar-refractivity contribution in [3.63, 3.8) is 0 Å². The number of alkyl halides is 3. The van der Waals surface area contributed by atoms with Crippen LogP contribution in [0.3, 0.4) is 0 Å². The van der Waals surface area contributed by atoms with Crippen LogP contribution in [0.2, 0.25) is 0 Å². The molecule has 13 heteroatoms. The van der Waals surface area contributed by atoms with Crippen molar-refractivity contribution in [2.75, 3.05) is 11.4 Å². The fourth-order valence-electron chi connectivity index (χ4n) is 4.86. The molecule has 1 saturated heterocycles. The molecule has 4 heterocycles. The van der Waals surface area contributed by atoms with E-state index in [1.165, 1.54) is 26.2 Å². The molecular formula is C25H26F3N7O3. The molecule has 1 fully saturated rings. The van der Waals surface area contributed by atoms with Crippen molar-refractivity contribution < 1.29 is 18.0 Å². The molecular weight excluding hydrogens is 503 g/mol. The van der Waals surface area contributed by atoms with Crippen molar-refractivity contribution in [1.82, 2.24) is 28.9 Å². The summed E-state index contributed by atoms with van der Waals surface area (Å²) in [5.74, 6) is -0.0286. The summed E-state index contributed by atoms with van der Waals surface area (Å²) in [5.41, 5.74) is -0.317. The van der Waals surface area contributed by atoms with Crippen LogP contribution >= 0.6 is 0 Å². The van der Waals surface area contributed by atoms with Gasteiger partial charge < -0.3 is 9.88 Å². The lowest BCUT2D eigenvalue weighted by molar-refractivity contribution is -0.137. The van der Waals surface area contributed by atoms with Crippen LogP contribution in [0.15, 0.2) is 46.2 Å². The molecule has 0 aliphatic carbocycles. The van der Waals surface area contributed by atoms with Crippen LogP contribution in [-0.2, 0) is 30.6 Å². The fourth-order valence-corrected chi connectivity index (χ4v) is 4.86. The standard InChI is InChI=1S/C25H26F3N7O3/c1-3-8-34-23(37)20-22(33(4-2)24(34)38)31-21(30-20)16-11-29-32(14-16)12-15-9-19(36)35(13-15)18-7-5-6-17(10-18)25(26,27)28/h5-7,10-11,14-15H,3-4,8-9,12-13H2,1-2H3,(H,30,31). The number of fused-ring (bicyclic) bond motifs is 1. The molecule has 5 rings (SSSR count). The number of carbonyl (C=O) groups is 1. The summed E-state index contributed by atoms with van der Waals surface area (Å²) < 4.78 is 43.6. The van der Waals surface area contributed by atoms with E-state index in [2.05, 4.69) is 15.1 Å². The number of aromatic amines is 1. The second-order valence-corrected chi connectivity index (χ2v) is 9.34. The zero-order valence-corrected chi connectivity index (χ0v) is 20.8. The van der Waals surface area contributed by atoms with Crippen molar-refractivity contribution in [3.05, 3.63) is 63.1 Å². The third-order valence-electron chi connectivity index (χ3n) is 6.67. The third-order valence-corrected chi connectivity index (χ3v) is 6.67. The van der Waals surface area contributed by atoms with Crippen molar-refractivity contribution >= 4 is 22.8 Å². The Balaban J connectivity index is 1.37. The first kappa shape index (κ1) is 25.5. The molecule has 1 unspecified atom stereocenters. The minimum absolute atomic E-state index is 0.160. The molecule has 1 aliphatic rings. The Bertz CT molecular complexity index is 1630. The van der Waals surface area contributed by atoms with Gasteiger partial charge in [0, 0.05) is 50.4 Å². The Morgan fingerprint density at radius 3 is 2.63 bits per heavy atom. The summed E-state index contributed by atoms with van der Waals surface area (Å²) in [6.07, 6.45) is -0.399. The van der Waals surface area contributed by atoms with Crippen LogP contribution < -0.4 is 16.1 Å². The topological polar surface area (TPSA) is 111 Å². The van der Waals surface area contributed by atoms with E-state index in [1.54, 1.807) is 24.0 Å². The lowest BCUT2D eigenvalue weighted by atomic mass is 10.1. The highest BCUT2D eigenvalue weighted by atomic mass is 19.4. The van der Waals surface area contributed by atoms with Crippen molar-refractivity contribution in [3.8, 4) is 11.4 Å². The molecule has 1 N–H and O–H groups in total. The zero-order chi connectivity index (χ0) is 27.2. The number of amides is 1. The van der Waals surface area contributed by atoms with Crippen molar-refractivity contribution in [2.24, 2.45) is 5.92 Å². The number of imidazole rings is 1. The number of aromatic nitrogens is 6. The Morgan fingerprint density at radius 1 is 1.13 bits per heavy atom. The molecule has 10 nitrogen and oxygen atoms in total. The average molecular weight is 530 g/mol. The number of H-pyrrole nitrogens is 1. The van der Waals surface area contributed by atoms with Gasteiger partial charge >= 0.3 is 11.9 Å². The molecule has 4 aromatic rings. The molecule has 1 amide bonds. The van der Waals surface area contributed by atoms with E-state index in [-0.39, 0.29) is 41.6 Å². The lowest BCUT2D eigenvalue weighted by Gasteiger charge is -2.18. The number of rotatable bonds is 7. The molecule has 0 saturated carbocycles. The van der Waals surface area contributed by atoms with Crippen LogP contribution in [0.5, 0.6) is 0 Å². The Morgan fingerprint density at radius 2 is 1.92 bits per heavy atom. The van der Waals surface area contributed by atoms with E-state index in [0.29, 0.717) is 37.4 Å². The first-order chi connectivity index (χ1) is 18.1. The molecule has 3 aromatic heterocycles. The van der Waals surface area contributed by atoms with E-state index in [1.807, 2.05) is 6.92 Å². The van der Waals surface area contributed by atoms with Gasteiger partial charge in [0.1, 0.15) is 11.3 Å². The Labute approximate surface area is 214 Å². The zero-order valence-electron chi connectivity index (χ0n) is 20.8.